The number of nitrogens with one attached hydrogen (secondary N) is 1. The molecule has 1 N–H and O–H groups in total. The van der Waals surface area contributed by atoms with Crippen LogP contribution in [0.2, 0.25) is 0 Å². The molecule has 0 amide bonds. The first-order valence-corrected chi connectivity index (χ1v) is 6.31. The molecule has 0 fully saturated rings. The van der Waals surface area contributed by atoms with Crippen LogP contribution in [-0.4, -0.2) is 40.0 Å². The molecule has 1 aromatic carbocycles. The molecule has 0 unspecified atom stereocenters. The minimum atomic E-state index is -2.16. The molecule has 0 bridgehead atoms. The van der Waals surface area contributed by atoms with Crippen LogP contribution in [0.15, 0.2) is 0 Å². The highest BCUT2D eigenvalue weighted by molar-refractivity contribution is 5.24. The Kier molecular flexibility index (Phi) is 7.55. The molecular weight excluding hydrogens is 297 g/mol. The summed E-state index contributed by atoms with van der Waals surface area (Å²) in [6.45, 7) is 1.42. The van der Waals surface area contributed by atoms with Crippen LogP contribution in [0.1, 0.15) is 5.56 Å². The van der Waals surface area contributed by atoms with Gasteiger partial charge in [0.05, 0.1) is 26.4 Å². The SMILES string of the molecule is CNCCOCCOCCc1c(F)c(F)c(F)c(F)c1F. The van der Waals surface area contributed by atoms with Gasteiger partial charge in [0.2, 0.25) is 5.82 Å². The Morgan fingerprint density at radius 3 is 1.71 bits per heavy atom. The van der Waals surface area contributed by atoms with Crippen LogP contribution in [0.5, 0.6) is 0 Å². The zero-order valence-corrected chi connectivity index (χ0v) is 11.4. The van der Waals surface area contributed by atoms with E-state index in [0.29, 0.717) is 13.2 Å². The number of halogens is 5. The second kappa shape index (κ2) is 8.91. The molecule has 0 saturated carbocycles. The predicted molar refractivity (Wildman–Crippen MR) is 65.5 cm³/mol. The lowest BCUT2D eigenvalue weighted by Crippen LogP contribution is -2.16. The maximum Gasteiger partial charge on any atom is 0.200 e. The van der Waals surface area contributed by atoms with E-state index < -0.39 is 41.1 Å². The van der Waals surface area contributed by atoms with Crippen LogP contribution >= 0.6 is 0 Å². The Balaban J connectivity index is 2.43. The second-order valence-corrected chi connectivity index (χ2v) is 4.13. The molecule has 8 heteroatoms. The van der Waals surface area contributed by atoms with Crippen molar-refractivity contribution in [2.45, 2.75) is 6.42 Å². The number of rotatable bonds is 9. The highest BCUT2D eigenvalue weighted by Crippen LogP contribution is 2.23. The lowest BCUT2D eigenvalue weighted by molar-refractivity contribution is 0.0499. The van der Waals surface area contributed by atoms with E-state index in [0.717, 1.165) is 0 Å². The predicted octanol–water partition coefficient (Wildman–Crippen LogP) is 2.18. The molecular formula is C13H16F5NO2. The zero-order chi connectivity index (χ0) is 15.8. The number of hydrogen-bond acceptors (Lipinski definition) is 3. The van der Waals surface area contributed by atoms with Crippen molar-refractivity contribution in [3.8, 4) is 0 Å². The molecule has 0 spiro atoms. The topological polar surface area (TPSA) is 30.5 Å². The summed E-state index contributed by atoms with van der Waals surface area (Å²) >= 11 is 0. The summed E-state index contributed by atoms with van der Waals surface area (Å²) in [6, 6.07) is 0. The second-order valence-electron chi connectivity index (χ2n) is 4.13. The molecule has 0 aromatic heterocycles. The van der Waals surface area contributed by atoms with Crippen molar-refractivity contribution >= 4 is 0 Å². The van der Waals surface area contributed by atoms with Gasteiger partial charge < -0.3 is 14.8 Å². The quantitative estimate of drug-likeness (QED) is 0.328. The fraction of sp³-hybridized carbons (Fsp3) is 0.538. The molecule has 0 atom stereocenters. The fourth-order valence-corrected chi connectivity index (χ4v) is 1.54. The van der Waals surface area contributed by atoms with Gasteiger partial charge in [0.25, 0.3) is 0 Å². The van der Waals surface area contributed by atoms with Gasteiger partial charge in [-0.1, -0.05) is 0 Å². The Morgan fingerprint density at radius 1 is 0.714 bits per heavy atom. The van der Waals surface area contributed by atoms with Gasteiger partial charge in [-0.15, -0.1) is 0 Å². The third-order valence-corrected chi connectivity index (χ3v) is 2.67. The van der Waals surface area contributed by atoms with E-state index in [1.54, 1.807) is 7.05 Å². The van der Waals surface area contributed by atoms with Gasteiger partial charge in [0, 0.05) is 18.5 Å². The summed E-state index contributed by atoms with van der Waals surface area (Å²) < 4.78 is 75.4. The highest BCUT2D eigenvalue weighted by Gasteiger charge is 2.25. The number of hydrogen-bond donors (Lipinski definition) is 1. The van der Waals surface area contributed by atoms with Crippen LogP contribution in [-0.2, 0) is 15.9 Å². The smallest absolute Gasteiger partial charge is 0.200 e. The number of benzene rings is 1. The van der Waals surface area contributed by atoms with E-state index in [2.05, 4.69) is 5.32 Å². The summed E-state index contributed by atoms with van der Waals surface area (Å²) in [6.07, 6.45) is -0.414. The van der Waals surface area contributed by atoms with Gasteiger partial charge in [-0.2, -0.15) is 0 Å². The fourth-order valence-electron chi connectivity index (χ4n) is 1.54. The van der Waals surface area contributed by atoms with Gasteiger partial charge in [-0.25, -0.2) is 22.0 Å². The maximum absolute atomic E-state index is 13.3. The third-order valence-electron chi connectivity index (χ3n) is 2.67. The first-order valence-electron chi connectivity index (χ1n) is 6.31. The molecule has 21 heavy (non-hydrogen) atoms. The van der Waals surface area contributed by atoms with Crippen LogP contribution in [0.3, 0.4) is 0 Å². The van der Waals surface area contributed by atoms with Crippen LogP contribution in [0, 0.1) is 29.1 Å². The normalized spacial score (nSPS) is 11.1. The lowest BCUT2D eigenvalue weighted by Gasteiger charge is -2.09. The van der Waals surface area contributed by atoms with Gasteiger partial charge >= 0.3 is 0 Å². The van der Waals surface area contributed by atoms with Crippen LogP contribution < -0.4 is 5.32 Å². The van der Waals surface area contributed by atoms with Gasteiger partial charge in [-0.05, 0) is 7.05 Å². The van der Waals surface area contributed by atoms with Crippen molar-refractivity contribution in [1.82, 2.24) is 5.32 Å². The van der Waals surface area contributed by atoms with Crippen molar-refractivity contribution < 1.29 is 31.4 Å². The van der Waals surface area contributed by atoms with Crippen molar-refractivity contribution in [3.63, 3.8) is 0 Å². The lowest BCUT2D eigenvalue weighted by atomic mass is 10.1. The third kappa shape index (κ3) is 4.90. The van der Waals surface area contributed by atoms with Crippen molar-refractivity contribution in [2.24, 2.45) is 0 Å². The maximum atomic E-state index is 13.3. The molecule has 0 aliphatic heterocycles. The van der Waals surface area contributed by atoms with Crippen molar-refractivity contribution in [1.29, 1.82) is 0 Å². The molecule has 0 aliphatic carbocycles. The number of likely N-dealkylation sites (N-methyl/N-ethyl adjacent to an activating group) is 1. The Bertz CT molecular complexity index is 441. The monoisotopic (exact) mass is 313 g/mol. The van der Waals surface area contributed by atoms with E-state index in [1.165, 1.54) is 0 Å². The van der Waals surface area contributed by atoms with Crippen LogP contribution in [0.25, 0.3) is 0 Å². The van der Waals surface area contributed by atoms with E-state index >= 15 is 0 Å². The highest BCUT2D eigenvalue weighted by atomic mass is 19.2. The molecule has 1 rings (SSSR count). The molecule has 0 radical (unpaired) electrons. The van der Waals surface area contributed by atoms with Crippen LogP contribution in [0.4, 0.5) is 22.0 Å². The summed E-state index contributed by atoms with van der Waals surface area (Å²) in [4.78, 5) is 0. The molecule has 0 saturated heterocycles. The average Bonchev–Trinajstić information content (AvgIpc) is 2.49. The van der Waals surface area contributed by atoms with E-state index in [9.17, 15) is 22.0 Å². The van der Waals surface area contributed by atoms with Crippen molar-refractivity contribution in [2.75, 3.05) is 40.0 Å². The summed E-state index contributed by atoms with van der Waals surface area (Å²) in [5.41, 5.74) is -0.873. The van der Waals surface area contributed by atoms with E-state index in [-0.39, 0.29) is 19.8 Å². The zero-order valence-electron chi connectivity index (χ0n) is 11.4. The first kappa shape index (κ1) is 17.8. The summed E-state index contributed by atoms with van der Waals surface area (Å²) in [5.74, 6) is -9.69. The minimum Gasteiger partial charge on any atom is -0.379 e. The minimum absolute atomic E-state index is 0.166. The molecule has 3 nitrogen and oxygen atoms in total. The standard InChI is InChI=1S/C13H16F5NO2/c1-19-3-5-21-7-6-20-4-2-8-9(14)11(16)13(18)12(17)10(8)15/h19H,2-7H2,1H3. The van der Waals surface area contributed by atoms with E-state index in [4.69, 9.17) is 9.47 Å². The first-order chi connectivity index (χ1) is 10.0. The Labute approximate surface area is 119 Å². The van der Waals surface area contributed by atoms with Crippen molar-refractivity contribution in [3.05, 3.63) is 34.6 Å². The molecule has 120 valence electrons. The summed E-state index contributed by atoms with van der Waals surface area (Å²) in [5, 5.41) is 2.87. The molecule has 0 aliphatic rings. The van der Waals surface area contributed by atoms with E-state index in [1.807, 2.05) is 0 Å². The Hall–Kier alpha value is -1.25. The molecule has 1 aromatic rings. The average molecular weight is 313 g/mol. The number of ether oxygens (including phenoxy) is 2. The molecule has 0 heterocycles. The van der Waals surface area contributed by atoms with Gasteiger partial charge in [0.15, 0.2) is 23.3 Å². The van der Waals surface area contributed by atoms with Gasteiger partial charge in [0.1, 0.15) is 0 Å². The van der Waals surface area contributed by atoms with Gasteiger partial charge in [-0.3, -0.25) is 0 Å². The Morgan fingerprint density at radius 2 is 1.19 bits per heavy atom. The summed E-state index contributed by atoms with van der Waals surface area (Å²) in [7, 11) is 1.77. The largest absolute Gasteiger partial charge is 0.379 e.